The van der Waals surface area contributed by atoms with E-state index in [2.05, 4.69) is 44.5 Å². The molecule has 134 valence electrons. The third-order valence-corrected chi connectivity index (χ3v) is 4.92. The predicted octanol–water partition coefficient (Wildman–Crippen LogP) is 4.29. The van der Waals surface area contributed by atoms with Gasteiger partial charge >= 0.3 is 0 Å². The van der Waals surface area contributed by atoms with Crippen molar-refractivity contribution in [2.45, 2.75) is 26.3 Å². The van der Waals surface area contributed by atoms with Gasteiger partial charge in [0.05, 0.1) is 7.11 Å². The normalized spacial score (nSPS) is 14.7. The molecule has 4 rings (SSSR count). The molecule has 3 aromatic rings. The molecule has 1 aromatic carbocycles. The zero-order chi connectivity index (χ0) is 17.9. The van der Waals surface area contributed by atoms with Gasteiger partial charge in [-0.1, -0.05) is 0 Å². The first kappa shape index (κ1) is 16.8. The average molecular weight is 348 g/mol. The van der Waals surface area contributed by atoms with Gasteiger partial charge < -0.3 is 10.1 Å². The van der Waals surface area contributed by atoms with Gasteiger partial charge in [-0.3, -0.25) is 4.90 Å². The molecule has 0 atom stereocenters. The van der Waals surface area contributed by atoms with E-state index in [1.165, 1.54) is 31.5 Å². The van der Waals surface area contributed by atoms with Gasteiger partial charge in [0, 0.05) is 24.3 Å². The molecule has 5 nitrogen and oxygen atoms in total. The Morgan fingerprint density at radius 3 is 2.65 bits per heavy atom. The van der Waals surface area contributed by atoms with E-state index < -0.39 is 0 Å². The maximum Gasteiger partial charge on any atom is 0.132 e. The molecule has 0 spiro atoms. The summed E-state index contributed by atoms with van der Waals surface area (Å²) in [6.45, 7) is 5.41. The van der Waals surface area contributed by atoms with E-state index >= 15 is 0 Å². The number of aryl methyl sites for hydroxylation is 1. The van der Waals surface area contributed by atoms with Crippen LogP contribution in [0.2, 0.25) is 0 Å². The van der Waals surface area contributed by atoms with E-state index in [1.807, 2.05) is 25.4 Å². The molecule has 0 saturated carbocycles. The third-order valence-electron chi connectivity index (χ3n) is 4.92. The van der Waals surface area contributed by atoms with Crippen molar-refractivity contribution >= 4 is 22.4 Å². The van der Waals surface area contributed by atoms with E-state index in [9.17, 15) is 0 Å². The minimum atomic E-state index is 0.786. The fourth-order valence-electron chi connectivity index (χ4n) is 3.55. The molecule has 0 bridgehead atoms. The van der Waals surface area contributed by atoms with Crippen molar-refractivity contribution in [2.24, 2.45) is 0 Å². The van der Waals surface area contributed by atoms with Gasteiger partial charge in [-0.15, -0.1) is 0 Å². The minimum absolute atomic E-state index is 0.786. The maximum absolute atomic E-state index is 5.43. The summed E-state index contributed by atoms with van der Waals surface area (Å²) in [5.41, 5.74) is 2.39. The summed E-state index contributed by atoms with van der Waals surface area (Å²) in [6.07, 6.45) is 6.36. The van der Waals surface area contributed by atoms with Crippen molar-refractivity contribution in [3.05, 3.63) is 53.9 Å². The predicted molar refractivity (Wildman–Crippen MR) is 105 cm³/mol. The molecule has 0 amide bonds. The lowest BCUT2D eigenvalue weighted by Gasteiger charge is -2.15. The van der Waals surface area contributed by atoms with Crippen LogP contribution in [0.15, 0.2) is 42.7 Å². The quantitative estimate of drug-likeness (QED) is 0.745. The molecule has 1 fully saturated rings. The van der Waals surface area contributed by atoms with Crippen molar-refractivity contribution in [3.63, 3.8) is 0 Å². The summed E-state index contributed by atoms with van der Waals surface area (Å²) in [6, 6.07) is 10.4. The number of rotatable bonds is 5. The summed E-state index contributed by atoms with van der Waals surface area (Å²) in [5.74, 6) is 2.50. The average Bonchev–Trinajstić information content (AvgIpc) is 3.15. The van der Waals surface area contributed by atoms with Gasteiger partial charge in [0.25, 0.3) is 0 Å². The van der Waals surface area contributed by atoms with Crippen LogP contribution in [-0.4, -0.2) is 35.1 Å². The standard InChI is InChI=1S/C21H24N4O/c1-15-9-18-13-23-21(12-17(18)11-19(15)26-2)24-20-10-16(5-6-22-20)14-25-7-3-4-8-25/h5-6,9-13H,3-4,7-8,14H2,1-2H3,(H,22,23,24). The van der Waals surface area contributed by atoms with Crippen LogP contribution in [0.25, 0.3) is 10.8 Å². The minimum Gasteiger partial charge on any atom is -0.496 e. The first-order valence-corrected chi connectivity index (χ1v) is 9.10. The highest BCUT2D eigenvalue weighted by Crippen LogP contribution is 2.27. The van der Waals surface area contributed by atoms with Crippen LogP contribution in [-0.2, 0) is 6.54 Å². The molecule has 5 heteroatoms. The number of likely N-dealkylation sites (tertiary alicyclic amines) is 1. The smallest absolute Gasteiger partial charge is 0.132 e. The number of nitrogens with zero attached hydrogens (tertiary/aromatic N) is 3. The first-order valence-electron chi connectivity index (χ1n) is 9.10. The first-order chi connectivity index (χ1) is 12.7. The Hall–Kier alpha value is -2.66. The van der Waals surface area contributed by atoms with Crippen molar-refractivity contribution in [1.82, 2.24) is 14.9 Å². The molecule has 0 unspecified atom stereocenters. The number of hydrogen-bond acceptors (Lipinski definition) is 5. The summed E-state index contributed by atoms with van der Waals surface area (Å²) in [7, 11) is 1.70. The summed E-state index contributed by atoms with van der Waals surface area (Å²) in [4.78, 5) is 11.5. The Labute approximate surface area is 154 Å². The molecule has 0 radical (unpaired) electrons. The lowest BCUT2D eigenvalue weighted by atomic mass is 10.1. The fourth-order valence-corrected chi connectivity index (χ4v) is 3.55. The number of anilines is 2. The van der Waals surface area contributed by atoms with Gasteiger partial charge in [-0.2, -0.15) is 0 Å². The molecule has 26 heavy (non-hydrogen) atoms. The van der Waals surface area contributed by atoms with Crippen LogP contribution in [0.1, 0.15) is 24.0 Å². The number of aromatic nitrogens is 2. The summed E-state index contributed by atoms with van der Waals surface area (Å²) in [5, 5.41) is 5.53. The van der Waals surface area contributed by atoms with Gasteiger partial charge in [0.1, 0.15) is 17.4 Å². The van der Waals surface area contributed by atoms with Crippen LogP contribution in [0, 0.1) is 6.92 Å². The fraction of sp³-hybridized carbons (Fsp3) is 0.333. The zero-order valence-corrected chi connectivity index (χ0v) is 15.3. The molecule has 1 aliphatic heterocycles. The van der Waals surface area contributed by atoms with E-state index in [0.29, 0.717) is 0 Å². The number of methoxy groups -OCH3 is 1. The van der Waals surface area contributed by atoms with E-state index in [1.54, 1.807) is 7.11 Å². The van der Waals surface area contributed by atoms with Gasteiger partial charge in [0.2, 0.25) is 0 Å². The van der Waals surface area contributed by atoms with Crippen molar-refractivity contribution < 1.29 is 4.74 Å². The molecule has 1 aliphatic rings. The Morgan fingerprint density at radius 1 is 1.04 bits per heavy atom. The SMILES string of the molecule is COc1cc2cc(Nc3cc(CN4CCCC4)ccn3)ncc2cc1C. The Kier molecular flexibility index (Phi) is 4.71. The van der Waals surface area contributed by atoms with E-state index in [-0.39, 0.29) is 0 Å². The highest BCUT2D eigenvalue weighted by Gasteiger charge is 2.12. The number of benzene rings is 1. The highest BCUT2D eigenvalue weighted by molar-refractivity contribution is 5.86. The number of fused-ring (bicyclic) bond motifs is 1. The van der Waals surface area contributed by atoms with Gasteiger partial charge in [-0.05, 0) is 79.7 Å². The van der Waals surface area contributed by atoms with Crippen LogP contribution in [0.3, 0.4) is 0 Å². The zero-order valence-electron chi connectivity index (χ0n) is 15.3. The Morgan fingerprint density at radius 2 is 1.85 bits per heavy atom. The topological polar surface area (TPSA) is 50.3 Å². The van der Waals surface area contributed by atoms with Crippen LogP contribution < -0.4 is 10.1 Å². The molecule has 1 saturated heterocycles. The van der Waals surface area contributed by atoms with Crippen molar-refractivity contribution in [2.75, 3.05) is 25.5 Å². The van der Waals surface area contributed by atoms with Gasteiger partial charge in [-0.25, -0.2) is 9.97 Å². The third kappa shape index (κ3) is 3.63. The van der Waals surface area contributed by atoms with Crippen LogP contribution in [0.4, 0.5) is 11.6 Å². The van der Waals surface area contributed by atoms with Crippen molar-refractivity contribution in [3.8, 4) is 5.75 Å². The lowest BCUT2D eigenvalue weighted by molar-refractivity contribution is 0.331. The second-order valence-corrected chi connectivity index (χ2v) is 6.90. The maximum atomic E-state index is 5.43. The lowest BCUT2D eigenvalue weighted by Crippen LogP contribution is -2.18. The summed E-state index contributed by atoms with van der Waals surface area (Å²) < 4.78 is 5.43. The number of hydrogen-bond donors (Lipinski definition) is 1. The largest absolute Gasteiger partial charge is 0.496 e. The molecular weight excluding hydrogens is 324 g/mol. The van der Waals surface area contributed by atoms with Gasteiger partial charge in [0.15, 0.2) is 0 Å². The number of nitrogens with one attached hydrogen (secondary N) is 1. The molecule has 1 N–H and O–H groups in total. The Balaban J connectivity index is 1.55. The van der Waals surface area contributed by atoms with Crippen LogP contribution in [0.5, 0.6) is 5.75 Å². The number of ether oxygens (including phenoxy) is 1. The molecule has 2 aromatic heterocycles. The summed E-state index contributed by atoms with van der Waals surface area (Å²) >= 11 is 0. The van der Waals surface area contributed by atoms with Crippen molar-refractivity contribution in [1.29, 1.82) is 0 Å². The molecule has 0 aliphatic carbocycles. The molecular formula is C21H24N4O. The van der Waals surface area contributed by atoms with Crippen LogP contribution >= 0.6 is 0 Å². The number of pyridine rings is 2. The Bertz CT molecular complexity index is 919. The van der Waals surface area contributed by atoms with E-state index in [4.69, 9.17) is 4.74 Å². The molecule has 3 heterocycles. The monoisotopic (exact) mass is 348 g/mol. The van der Waals surface area contributed by atoms with E-state index in [0.717, 1.165) is 40.3 Å². The second-order valence-electron chi connectivity index (χ2n) is 6.90. The highest BCUT2D eigenvalue weighted by atomic mass is 16.5. The second kappa shape index (κ2) is 7.30.